The molecule has 0 aliphatic carbocycles. The molecule has 104 valence electrons. The molecule has 0 saturated heterocycles. The monoisotopic (exact) mass is 341 g/mol. The highest BCUT2D eigenvalue weighted by Crippen LogP contribution is 2.32. The minimum Gasteiger partial charge on any atom is -0.481 e. The third kappa shape index (κ3) is 2.67. The van der Waals surface area contributed by atoms with Gasteiger partial charge >= 0.3 is 5.97 Å². The molecule has 21 heavy (non-hydrogen) atoms. The summed E-state index contributed by atoms with van der Waals surface area (Å²) in [4.78, 5) is 15.5. The lowest BCUT2D eigenvalue weighted by Gasteiger charge is -2.10. The molecule has 0 saturated carbocycles. The van der Waals surface area contributed by atoms with Crippen LogP contribution in [0, 0.1) is 0 Å². The van der Waals surface area contributed by atoms with Gasteiger partial charge in [0.2, 0.25) is 0 Å². The molecule has 3 rings (SSSR count). The van der Waals surface area contributed by atoms with Crippen molar-refractivity contribution in [2.24, 2.45) is 0 Å². The lowest BCUT2D eigenvalue weighted by atomic mass is 9.99. The summed E-state index contributed by atoms with van der Waals surface area (Å²) < 4.78 is 0.966. The van der Waals surface area contributed by atoms with Crippen molar-refractivity contribution in [1.29, 1.82) is 0 Å². The number of fused-ring (bicyclic) bond motifs is 1. The number of hydrogen-bond acceptors (Lipinski definition) is 2. The third-order valence-electron chi connectivity index (χ3n) is 3.37. The highest BCUT2D eigenvalue weighted by molar-refractivity contribution is 9.10. The fourth-order valence-electron chi connectivity index (χ4n) is 2.46. The maximum Gasteiger partial charge on any atom is 0.307 e. The summed E-state index contributed by atoms with van der Waals surface area (Å²) in [5.74, 6) is -0.832. The molecular weight excluding hydrogens is 330 g/mol. The largest absolute Gasteiger partial charge is 0.481 e. The summed E-state index contributed by atoms with van der Waals surface area (Å²) >= 11 is 3.54. The number of rotatable bonds is 3. The van der Waals surface area contributed by atoms with Crippen LogP contribution < -0.4 is 0 Å². The summed E-state index contributed by atoms with van der Waals surface area (Å²) in [5, 5.41) is 10.9. The van der Waals surface area contributed by atoms with Gasteiger partial charge < -0.3 is 5.11 Å². The van der Waals surface area contributed by atoms with Crippen molar-refractivity contribution in [3.8, 4) is 11.3 Å². The van der Waals surface area contributed by atoms with Gasteiger partial charge in [0.05, 0.1) is 12.1 Å². The average molecular weight is 342 g/mol. The predicted octanol–water partition coefficient (Wildman–Crippen LogP) is 4.29. The molecule has 0 unspecified atom stereocenters. The van der Waals surface area contributed by atoms with Crippen molar-refractivity contribution in [2.75, 3.05) is 0 Å². The van der Waals surface area contributed by atoms with Crippen LogP contribution in [-0.4, -0.2) is 16.1 Å². The van der Waals surface area contributed by atoms with Gasteiger partial charge in [-0.15, -0.1) is 0 Å². The molecule has 0 atom stereocenters. The maximum atomic E-state index is 11.0. The van der Waals surface area contributed by atoms with E-state index in [9.17, 15) is 4.79 Å². The van der Waals surface area contributed by atoms with Crippen LogP contribution in [0.2, 0.25) is 0 Å². The molecule has 2 aromatic carbocycles. The van der Waals surface area contributed by atoms with E-state index in [0.717, 1.165) is 32.1 Å². The van der Waals surface area contributed by atoms with Gasteiger partial charge in [-0.1, -0.05) is 52.3 Å². The SMILES string of the molecule is O=C(O)Cc1cccc2c(-c3ccccc3Br)nccc12. The first kappa shape index (κ1) is 13.8. The molecule has 1 heterocycles. The predicted molar refractivity (Wildman–Crippen MR) is 86.2 cm³/mol. The van der Waals surface area contributed by atoms with Crippen molar-refractivity contribution in [1.82, 2.24) is 4.98 Å². The molecule has 0 bridgehead atoms. The van der Waals surface area contributed by atoms with Gasteiger partial charge in [-0.25, -0.2) is 0 Å². The summed E-state index contributed by atoms with van der Waals surface area (Å²) in [6, 6.07) is 15.4. The van der Waals surface area contributed by atoms with Gasteiger partial charge in [-0.3, -0.25) is 9.78 Å². The van der Waals surface area contributed by atoms with E-state index < -0.39 is 5.97 Å². The van der Waals surface area contributed by atoms with Gasteiger partial charge in [-0.2, -0.15) is 0 Å². The Bertz CT molecular complexity index is 830. The second kappa shape index (κ2) is 5.66. The van der Waals surface area contributed by atoms with E-state index in [1.54, 1.807) is 6.20 Å². The molecule has 3 aromatic rings. The number of nitrogens with zero attached hydrogens (tertiary/aromatic N) is 1. The number of aromatic nitrogens is 1. The van der Waals surface area contributed by atoms with Crippen molar-refractivity contribution in [3.63, 3.8) is 0 Å². The molecule has 0 aliphatic rings. The second-order valence-corrected chi connectivity index (χ2v) is 5.58. The van der Waals surface area contributed by atoms with Crippen LogP contribution in [0.4, 0.5) is 0 Å². The van der Waals surface area contributed by atoms with Crippen LogP contribution in [0.3, 0.4) is 0 Å². The summed E-state index contributed by atoms with van der Waals surface area (Å²) in [7, 11) is 0. The van der Waals surface area contributed by atoms with Crippen molar-refractivity contribution in [2.45, 2.75) is 6.42 Å². The van der Waals surface area contributed by atoms with Crippen LogP contribution in [-0.2, 0) is 11.2 Å². The van der Waals surface area contributed by atoms with Crippen LogP contribution >= 0.6 is 15.9 Å². The van der Waals surface area contributed by atoms with Gasteiger partial charge in [0.1, 0.15) is 0 Å². The van der Waals surface area contributed by atoms with E-state index in [1.165, 1.54) is 0 Å². The molecule has 0 amide bonds. The number of pyridine rings is 1. The first-order valence-electron chi connectivity index (χ1n) is 6.50. The summed E-state index contributed by atoms with van der Waals surface area (Å²) in [5.41, 5.74) is 2.65. The number of carboxylic acid groups (broad SMARTS) is 1. The molecule has 4 heteroatoms. The number of hydrogen-bond donors (Lipinski definition) is 1. The van der Waals surface area contributed by atoms with Crippen LogP contribution in [0.15, 0.2) is 59.2 Å². The third-order valence-corrected chi connectivity index (χ3v) is 4.06. The zero-order valence-corrected chi connectivity index (χ0v) is 12.7. The number of carboxylic acids is 1. The van der Waals surface area contributed by atoms with E-state index >= 15 is 0 Å². The van der Waals surface area contributed by atoms with Crippen LogP contribution in [0.5, 0.6) is 0 Å². The van der Waals surface area contributed by atoms with E-state index in [1.807, 2.05) is 48.5 Å². The molecular formula is C17H12BrNO2. The first-order chi connectivity index (χ1) is 10.2. The first-order valence-corrected chi connectivity index (χ1v) is 7.29. The van der Waals surface area contributed by atoms with Gasteiger partial charge in [0.25, 0.3) is 0 Å². The van der Waals surface area contributed by atoms with Gasteiger partial charge in [0, 0.05) is 21.6 Å². The second-order valence-electron chi connectivity index (χ2n) is 4.72. The van der Waals surface area contributed by atoms with Gasteiger partial charge in [-0.05, 0) is 23.1 Å². The Morgan fingerprint density at radius 1 is 1.05 bits per heavy atom. The number of benzene rings is 2. The lowest BCUT2D eigenvalue weighted by Crippen LogP contribution is -2.01. The smallest absolute Gasteiger partial charge is 0.307 e. The lowest BCUT2D eigenvalue weighted by molar-refractivity contribution is -0.136. The molecule has 1 N–H and O–H groups in total. The quantitative estimate of drug-likeness (QED) is 0.772. The minimum absolute atomic E-state index is 0.0107. The number of carbonyl (C=O) groups is 1. The van der Waals surface area contributed by atoms with Gasteiger partial charge in [0.15, 0.2) is 0 Å². The molecule has 3 nitrogen and oxygen atoms in total. The number of halogens is 1. The highest BCUT2D eigenvalue weighted by Gasteiger charge is 2.11. The molecule has 0 aliphatic heterocycles. The van der Waals surface area contributed by atoms with E-state index in [0.29, 0.717) is 0 Å². The summed E-state index contributed by atoms with van der Waals surface area (Å²) in [6.45, 7) is 0. The van der Waals surface area contributed by atoms with Crippen LogP contribution in [0.1, 0.15) is 5.56 Å². The normalized spacial score (nSPS) is 10.7. The zero-order chi connectivity index (χ0) is 14.8. The van der Waals surface area contributed by atoms with Crippen LogP contribution in [0.25, 0.3) is 22.0 Å². The standard InChI is InChI=1S/C17H12BrNO2/c18-15-7-2-1-5-14(15)17-13-6-3-4-11(10-16(20)21)12(13)8-9-19-17/h1-9H,10H2,(H,20,21). The Balaban J connectivity index is 2.26. The zero-order valence-electron chi connectivity index (χ0n) is 11.1. The Morgan fingerprint density at radius 3 is 2.62 bits per heavy atom. The molecule has 0 spiro atoms. The van der Waals surface area contributed by atoms with Crippen molar-refractivity contribution < 1.29 is 9.90 Å². The van der Waals surface area contributed by atoms with E-state index in [2.05, 4.69) is 20.9 Å². The highest BCUT2D eigenvalue weighted by atomic mass is 79.9. The Hall–Kier alpha value is -2.20. The van der Waals surface area contributed by atoms with E-state index in [-0.39, 0.29) is 6.42 Å². The fourth-order valence-corrected chi connectivity index (χ4v) is 2.93. The van der Waals surface area contributed by atoms with E-state index in [4.69, 9.17) is 5.11 Å². The number of aliphatic carboxylic acids is 1. The average Bonchev–Trinajstić information content (AvgIpc) is 2.47. The Kier molecular flexibility index (Phi) is 3.71. The molecule has 0 fully saturated rings. The minimum atomic E-state index is -0.832. The topological polar surface area (TPSA) is 50.2 Å². The van der Waals surface area contributed by atoms with Crippen molar-refractivity contribution in [3.05, 3.63) is 64.8 Å². The maximum absolute atomic E-state index is 11.0. The summed E-state index contributed by atoms with van der Waals surface area (Å²) in [6.07, 6.45) is 1.74. The molecule has 1 aromatic heterocycles. The fraction of sp³-hybridized carbons (Fsp3) is 0.0588. The Morgan fingerprint density at radius 2 is 1.86 bits per heavy atom. The van der Waals surface area contributed by atoms with Crippen molar-refractivity contribution >= 4 is 32.7 Å². The Labute approximate surface area is 130 Å². The molecule has 0 radical (unpaired) electrons.